The van der Waals surface area contributed by atoms with E-state index in [9.17, 15) is 4.79 Å². The number of halogens is 1. The molecule has 0 atom stereocenters. The van der Waals surface area contributed by atoms with Crippen LogP contribution in [-0.4, -0.2) is 19.1 Å². The highest BCUT2D eigenvalue weighted by Crippen LogP contribution is 2.23. The molecule has 2 N–H and O–H groups in total. The molecular formula is C21H27ClN2O2. The molecule has 4 nitrogen and oxygen atoms in total. The molecule has 2 aromatic rings. The van der Waals surface area contributed by atoms with Crippen molar-refractivity contribution in [3.05, 3.63) is 53.1 Å². The molecule has 0 fully saturated rings. The van der Waals surface area contributed by atoms with Gasteiger partial charge in [0.05, 0.1) is 13.2 Å². The molecule has 0 aromatic heterocycles. The van der Waals surface area contributed by atoms with Crippen molar-refractivity contribution >= 4 is 28.9 Å². The number of amides is 1. The van der Waals surface area contributed by atoms with Crippen LogP contribution in [0.25, 0.3) is 0 Å². The third kappa shape index (κ3) is 6.60. The molecule has 0 radical (unpaired) electrons. The van der Waals surface area contributed by atoms with Crippen LogP contribution >= 0.6 is 11.6 Å². The highest BCUT2D eigenvalue weighted by Gasteiger charge is 2.06. The number of unbranched alkanes of at least 4 members (excludes halogenated alkanes) is 3. The number of ether oxygens (including phenoxy) is 1. The lowest BCUT2D eigenvalue weighted by molar-refractivity contribution is -0.114. The summed E-state index contributed by atoms with van der Waals surface area (Å²) in [5, 5.41) is 6.68. The predicted molar refractivity (Wildman–Crippen MR) is 109 cm³/mol. The van der Waals surface area contributed by atoms with Gasteiger partial charge < -0.3 is 15.4 Å². The van der Waals surface area contributed by atoms with Crippen LogP contribution in [0.2, 0.25) is 5.02 Å². The van der Waals surface area contributed by atoms with E-state index >= 15 is 0 Å². The van der Waals surface area contributed by atoms with E-state index < -0.39 is 0 Å². The maximum Gasteiger partial charge on any atom is 0.243 e. The Morgan fingerprint density at radius 2 is 1.92 bits per heavy atom. The summed E-state index contributed by atoms with van der Waals surface area (Å²) in [5.41, 5.74) is 2.52. The Labute approximate surface area is 160 Å². The van der Waals surface area contributed by atoms with E-state index in [2.05, 4.69) is 17.6 Å². The summed E-state index contributed by atoms with van der Waals surface area (Å²) in [4.78, 5) is 12.2. The van der Waals surface area contributed by atoms with Crippen molar-refractivity contribution in [2.75, 3.05) is 23.8 Å². The standard InChI is InChI=1S/C21H27ClN2O2/c1-3-4-5-6-13-26-18-10-7-9-17(14-18)24-21(25)15-23-20-12-8-11-19(22)16(20)2/h7-12,14,23H,3-6,13,15H2,1-2H3,(H,24,25). The van der Waals surface area contributed by atoms with E-state index in [1.165, 1.54) is 19.3 Å². The van der Waals surface area contributed by atoms with Gasteiger partial charge in [-0.05, 0) is 43.2 Å². The topological polar surface area (TPSA) is 50.4 Å². The minimum absolute atomic E-state index is 0.121. The molecule has 0 spiro atoms. The molecule has 26 heavy (non-hydrogen) atoms. The van der Waals surface area contributed by atoms with Crippen LogP contribution < -0.4 is 15.4 Å². The lowest BCUT2D eigenvalue weighted by Crippen LogP contribution is -2.22. The summed E-state index contributed by atoms with van der Waals surface area (Å²) in [6.07, 6.45) is 4.68. The lowest BCUT2D eigenvalue weighted by atomic mass is 10.2. The first-order chi connectivity index (χ1) is 12.6. The summed E-state index contributed by atoms with van der Waals surface area (Å²) >= 11 is 6.09. The van der Waals surface area contributed by atoms with Gasteiger partial charge in [0.25, 0.3) is 0 Å². The minimum atomic E-state index is -0.121. The Balaban J connectivity index is 1.81. The Morgan fingerprint density at radius 3 is 2.73 bits per heavy atom. The first-order valence-electron chi connectivity index (χ1n) is 9.12. The SMILES string of the molecule is CCCCCCOc1cccc(NC(=O)CNc2cccc(Cl)c2C)c1. The Bertz CT molecular complexity index is 719. The number of carbonyl (C=O) groups is 1. The molecule has 0 aliphatic heterocycles. The van der Waals surface area contributed by atoms with Crippen molar-refractivity contribution in [2.45, 2.75) is 39.5 Å². The van der Waals surface area contributed by atoms with Crippen LogP contribution in [0.15, 0.2) is 42.5 Å². The summed E-state index contributed by atoms with van der Waals surface area (Å²) in [7, 11) is 0. The highest BCUT2D eigenvalue weighted by atomic mass is 35.5. The third-order valence-corrected chi connectivity index (χ3v) is 4.50. The van der Waals surface area contributed by atoms with Gasteiger partial charge in [-0.1, -0.05) is 49.9 Å². The fourth-order valence-electron chi connectivity index (χ4n) is 2.56. The van der Waals surface area contributed by atoms with Gasteiger partial charge in [-0.2, -0.15) is 0 Å². The fourth-order valence-corrected chi connectivity index (χ4v) is 2.74. The van der Waals surface area contributed by atoms with Crippen LogP contribution in [-0.2, 0) is 4.79 Å². The molecule has 2 rings (SSSR count). The van der Waals surface area contributed by atoms with Crippen LogP contribution in [0.4, 0.5) is 11.4 Å². The first-order valence-corrected chi connectivity index (χ1v) is 9.49. The average Bonchev–Trinajstić information content (AvgIpc) is 2.63. The van der Waals surface area contributed by atoms with Crippen molar-refractivity contribution in [1.82, 2.24) is 0 Å². The fraction of sp³-hybridized carbons (Fsp3) is 0.381. The molecular weight excluding hydrogens is 348 g/mol. The average molecular weight is 375 g/mol. The first kappa shape index (κ1) is 20.1. The van der Waals surface area contributed by atoms with Crippen molar-refractivity contribution < 1.29 is 9.53 Å². The van der Waals surface area contributed by atoms with Crippen LogP contribution in [0.3, 0.4) is 0 Å². The molecule has 0 aliphatic rings. The van der Waals surface area contributed by atoms with Gasteiger partial charge in [0, 0.05) is 22.5 Å². The van der Waals surface area contributed by atoms with E-state index in [0.717, 1.165) is 29.1 Å². The van der Waals surface area contributed by atoms with Crippen molar-refractivity contribution in [2.24, 2.45) is 0 Å². The molecule has 0 bridgehead atoms. The van der Waals surface area contributed by atoms with E-state index in [1.54, 1.807) is 0 Å². The van der Waals surface area contributed by atoms with Gasteiger partial charge in [-0.15, -0.1) is 0 Å². The van der Waals surface area contributed by atoms with Gasteiger partial charge in [-0.3, -0.25) is 4.79 Å². The van der Waals surface area contributed by atoms with Gasteiger partial charge in [0.1, 0.15) is 5.75 Å². The largest absolute Gasteiger partial charge is 0.494 e. The molecule has 140 valence electrons. The normalized spacial score (nSPS) is 10.4. The Morgan fingerprint density at radius 1 is 1.12 bits per heavy atom. The molecule has 0 saturated carbocycles. The van der Waals surface area contributed by atoms with E-state index in [0.29, 0.717) is 11.6 Å². The number of benzene rings is 2. The van der Waals surface area contributed by atoms with Crippen LogP contribution in [0.5, 0.6) is 5.75 Å². The molecule has 0 unspecified atom stereocenters. The number of carbonyl (C=O) groups excluding carboxylic acids is 1. The molecule has 0 aliphatic carbocycles. The van der Waals surface area contributed by atoms with Gasteiger partial charge in [0.2, 0.25) is 5.91 Å². The zero-order valence-electron chi connectivity index (χ0n) is 15.5. The Kier molecular flexibility index (Phi) is 8.29. The van der Waals surface area contributed by atoms with Crippen LogP contribution in [0, 0.1) is 6.92 Å². The number of hydrogen-bond acceptors (Lipinski definition) is 3. The van der Waals surface area contributed by atoms with E-state index in [-0.39, 0.29) is 12.5 Å². The highest BCUT2D eigenvalue weighted by molar-refractivity contribution is 6.31. The smallest absolute Gasteiger partial charge is 0.243 e. The summed E-state index contributed by atoms with van der Waals surface area (Å²) in [5.74, 6) is 0.655. The van der Waals surface area contributed by atoms with E-state index in [1.807, 2.05) is 49.4 Å². The number of rotatable bonds is 10. The molecule has 5 heteroatoms. The summed E-state index contributed by atoms with van der Waals surface area (Å²) < 4.78 is 5.75. The van der Waals surface area contributed by atoms with Crippen molar-refractivity contribution in [3.8, 4) is 5.75 Å². The molecule has 0 heterocycles. The maximum atomic E-state index is 12.2. The summed E-state index contributed by atoms with van der Waals surface area (Å²) in [6, 6.07) is 13.1. The quantitative estimate of drug-likeness (QED) is 0.527. The molecule has 1 amide bonds. The monoisotopic (exact) mass is 374 g/mol. The number of anilines is 2. The summed E-state index contributed by atoms with van der Waals surface area (Å²) in [6.45, 7) is 4.98. The number of nitrogens with one attached hydrogen (secondary N) is 2. The third-order valence-electron chi connectivity index (χ3n) is 4.09. The number of hydrogen-bond donors (Lipinski definition) is 2. The predicted octanol–water partition coefficient (Wildman–Crippen LogP) is 5.66. The molecule has 2 aromatic carbocycles. The Hall–Kier alpha value is -2.20. The zero-order chi connectivity index (χ0) is 18.8. The van der Waals surface area contributed by atoms with Gasteiger partial charge in [0.15, 0.2) is 0 Å². The zero-order valence-corrected chi connectivity index (χ0v) is 16.2. The van der Waals surface area contributed by atoms with Crippen molar-refractivity contribution in [1.29, 1.82) is 0 Å². The molecule has 0 saturated heterocycles. The van der Waals surface area contributed by atoms with Gasteiger partial charge in [-0.25, -0.2) is 0 Å². The minimum Gasteiger partial charge on any atom is -0.494 e. The second-order valence-electron chi connectivity index (χ2n) is 6.25. The van der Waals surface area contributed by atoms with Crippen molar-refractivity contribution in [3.63, 3.8) is 0 Å². The van der Waals surface area contributed by atoms with Crippen LogP contribution in [0.1, 0.15) is 38.2 Å². The second kappa shape index (κ2) is 10.7. The van der Waals surface area contributed by atoms with Gasteiger partial charge >= 0.3 is 0 Å². The van der Waals surface area contributed by atoms with E-state index in [4.69, 9.17) is 16.3 Å². The maximum absolute atomic E-state index is 12.2. The second-order valence-corrected chi connectivity index (χ2v) is 6.66. The lowest BCUT2D eigenvalue weighted by Gasteiger charge is -2.12.